The van der Waals surface area contributed by atoms with Crippen LogP contribution in [0.4, 0.5) is 0 Å². The topological polar surface area (TPSA) is 0 Å². The van der Waals surface area contributed by atoms with Crippen LogP contribution in [0.25, 0.3) is 54.6 Å². The summed E-state index contributed by atoms with van der Waals surface area (Å²) in [6, 6.07) is 53.6. The van der Waals surface area contributed by atoms with E-state index in [0.717, 1.165) is 0 Å². The lowest BCUT2D eigenvalue weighted by molar-refractivity contribution is 1.56. The average molecular weight is 505 g/mol. The van der Waals surface area contributed by atoms with E-state index < -0.39 is 0 Å². The largest absolute Gasteiger partial charge is 0.0622 e. The second-order valence-corrected chi connectivity index (χ2v) is 10.8. The smallest absolute Gasteiger partial charge is 0.000717 e. The van der Waals surface area contributed by atoms with Crippen LogP contribution in [-0.4, -0.2) is 0 Å². The van der Waals surface area contributed by atoms with Gasteiger partial charge in [0.15, 0.2) is 0 Å². The first-order valence-electron chi connectivity index (χ1n) is 14.0. The van der Waals surface area contributed by atoms with Crippen LogP contribution in [0.5, 0.6) is 0 Å². The lowest BCUT2D eigenvalue weighted by Gasteiger charge is -2.16. The van der Waals surface area contributed by atoms with Crippen LogP contribution in [0.1, 0.15) is 33.4 Å². The number of hydrogen-bond acceptors (Lipinski definition) is 0. The average Bonchev–Trinajstić information content (AvgIpc) is 3.54. The van der Waals surface area contributed by atoms with E-state index >= 15 is 0 Å². The Labute approximate surface area is 233 Å². The van der Waals surface area contributed by atoms with E-state index in [0.29, 0.717) is 0 Å². The van der Waals surface area contributed by atoms with Crippen molar-refractivity contribution in [1.82, 2.24) is 0 Å². The normalized spacial score (nSPS) is 13.8. The molecule has 2 aliphatic rings. The molecule has 9 rings (SSSR count). The molecule has 0 fully saturated rings. The van der Waals surface area contributed by atoms with Crippen molar-refractivity contribution in [2.45, 2.75) is 0 Å². The van der Waals surface area contributed by atoms with E-state index in [1.165, 1.54) is 88.0 Å². The molecule has 0 nitrogen and oxygen atoms in total. The van der Waals surface area contributed by atoms with Gasteiger partial charge in [0.1, 0.15) is 0 Å². The molecule has 0 unspecified atom stereocenters. The SMILES string of the molecule is c1ccc(C2=C3C(=C(c4ccc5ccccc5c4)c4c3ccc3ccccc43)c3ccc4ccccc4c32)cc1. The van der Waals surface area contributed by atoms with E-state index in [9.17, 15) is 0 Å². The van der Waals surface area contributed by atoms with Crippen LogP contribution in [0, 0.1) is 0 Å². The zero-order valence-corrected chi connectivity index (χ0v) is 21.9. The second-order valence-electron chi connectivity index (χ2n) is 10.8. The molecule has 0 saturated heterocycles. The maximum Gasteiger partial charge on any atom is -0.000717 e. The third kappa shape index (κ3) is 2.91. The Balaban J connectivity index is 1.50. The monoisotopic (exact) mass is 504 g/mol. The van der Waals surface area contributed by atoms with Crippen molar-refractivity contribution >= 4 is 54.6 Å². The Kier molecular flexibility index (Phi) is 4.42. The lowest BCUT2D eigenvalue weighted by Crippen LogP contribution is -1.95. The predicted molar refractivity (Wildman–Crippen MR) is 170 cm³/mol. The Bertz CT molecular complexity index is 2240. The molecule has 0 saturated carbocycles. The molecule has 0 spiro atoms. The van der Waals surface area contributed by atoms with Gasteiger partial charge in [-0.3, -0.25) is 0 Å². The van der Waals surface area contributed by atoms with Crippen molar-refractivity contribution in [3.63, 3.8) is 0 Å². The minimum atomic E-state index is 1.27. The lowest BCUT2D eigenvalue weighted by atomic mass is 9.87. The van der Waals surface area contributed by atoms with E-state index in [4.69, 9.17) is 0 Å². The van der Waals surface area contributed by atoms with Gasteiger partial charge in [-0.05, 0) is 94.1 Å². The molecule has 0 N–H and O–H groups in total. The number of fused-ring (bicyclic) bond motifs is 10. The number of allylic oxidation sites excluding steroid dienone is 2. The Morgan fingerprint density at radius 3 is 1.38 bits per heavy atom. The van der Waals surface area contributed by atoms with Gasteiger partial charge in [-0.25, -0.2) is 0 Å². The quantitative estimate of drug-likeness (QED) is 0.220. The van der Waals surface area contributed by atoms with E-state index in [1.807, 2.05) is 0 Å². The van der Waals surface area contributed by atoms with Crippen molar-refractivity contribution in [3.8, 4) is 0 Å². The van der Waals surface area contributed by atoms with Gasteiger partial charge in [-0.1, -0.05) is 140 Å². The van der Waals surface area contributed by atoms with Gasteiger partial charge in [0.2, 0.25) is 0 Å². The first-order chi connectivity index (χ1) is 19.9. The molecule has 0 bridgehead atoms. The minimum Gasteiger partial charge on any atom is -0.0622 e. The summed E-state index contributed by atoms with van der Waals surface area (Å²) in [5.74, 6) is 0. The van der Waals surface area contributed by atoms with E-state index in [-0.39, 0.29) is 0 Å². The van der Waals surface area contributed by atoms with Gasteiger partial charge in [0.25, 0.3) is 0 Å². The highest BCUT2D eigenvalue weighted by Crippen LogP contribution is 2.60. The van der Waals surface area contributed by atoms with Gasteiger partial charge in [-0.15, -0.1) is 0 Å². The van der Waals surface area contributed by atoms with Gasteiger partial charge >= 0.3 is 0 Å². The van der Waals surface area contributed by atoms with Crippen molar-refractivity contribution < 1.29 is 0 Å². The molecule has 0 amide bonds. The van der Waals surface area contributed by atoms with Crippen molar-refractivity contribution in [2.75, 3.05) is 0 Å². The highest BCUT2D eigenvalue weighted by molar-refractivity contribution is 6.38. The molecule has 0 atom stereocenters. The highest BCUT2D eigenvalue weighted by Gasteiger charge is 2.39. The fraction of sp³-hybridized carbons (Fsp3) is 0. The molecule has 0 radical (unpaired) electrons. The summed E-state index contributed by atoms with van der Waals surface area (Å²) in [6.07, 6.45) is 0. The molecule has 0 heteroatoms. The zero-order valence-electron chi connectivity index (χ0n) is 21.9. The van der Waals surface area contributed by atoms with Crippen molar-refractivity contribution in [1.29, 1.82) is 0 Å². The van der Waals surface area contributed by atoms with Gasteiger partial charge < -0.3 is 0 Å². The molecular weight excluding hydrogens is 480 g/mol. The van der Waals surface area contributed by atoms with E-state index in [2.05, 4.69) is 146 Å². The summed E-state index contributed by atoms with van der Waals surface area (Å²) in [5, 5.41) is 7.72. The van der Waals surface area contributed by atoms with Crippen LogP contribution in [0.3, 0.4) is 0 Å². The third-order valence-electron chi connectivity index (χ3n) is 8.75. The van der Waals surface area contributed by atoms with Gasteiger partial charge in [0, 0.05) is 0 Å². The molecule has 0 heterocycles. The summed E-state index contributed by atoms with van der Waals surface area (Å²) in [6.45, 7) is 0. The number of rotatable bonds is 2. The molecular formula is C40H24. The summed E-state index contributed by atoms with van der Waals surface area (Å²) in [7, 11) is 0. The summed E-state index contributed by atoms with van der Waals surface area (Å²) in [4.78, 5) is 0. The fourth-order valence-corrected chi connectivity index (χ4v) is 7.06. The van der Waals surface area contributed by atoms with Crippen LogP contribution in [0.2, 0.25) is 0 Å². The highest BCUT2D eigenvalue weighted by atomic mass is 14.4. The molecule has 40 heavy (non-hydrogen) atoms. The molecule has 2 aliphatic carbocycles. The van der Waals surface area contributed by atoms with Crippen LogP contribution >= 0.6 is 0 Å². The maximum absolute atomic E-state index is 2.38. The Morgan fingerprint density at radius 2 is 0.750 bits per heavy atom. The second kappa shape index (κ2) is 8.15. The molecule has 7 aromatic carbocycles. The van der Waals surface area contributed by atoms with Gasteiger partial charge in [0.05, 0.1) is 0 Å². The number of benzene rings is 7. The molecule has 0 aliphatic heterocycles. The maximum atomic E-state index is 2.38. The summed E-state index contributed by atoms with van der Waals surface area (Å²) in [5.41, 5.74) is 13.3. The van der Waals surface area contributed by atoms with Crippen molar-refractivity contribution in [3.05, 3.63) is 179 Å². The molecule has 7 aromatic rings. The summed E-state index contributed by atoms with van der Waals surface area (Å²) < 4.78 is 0. The molecule has 184 valence electrons. The Morgan fingerprint density at radius 1 is 0.275 bits per heavy atom. The summed E-state index contributed by atoms with van der Waals surface area (Å²) >= 11 is 0. The van der Waals surface area contributed by atoms with Gasteiger partial charge in [-0.2, -0.15) is 0 Å². The third-order valence-corrected chi connectivity index (χ3v) is 8.75. The van der Waals surface area contributed by atoms with Crippen LogP contribution in [0.15, 0.2) is 146 Å². The Hall–Kier alpha value is -5.20. The predicted octanol–water partition coefficient (Wildman–Crippen LogP) is 10.4. The first kappa shape index (κ1) is 21.7. The standard InChI is InChI=1S/C40H24/c1-2-13-28(14-3-1)35-37-31-16-8-6-11-26(31)20-22-33(37)40-36(30-19-18-25-10-4-5-15-29(25)24-30)38-32-17-9-7-12-27(32)21-23-34(38)39(35)40/h1-24H. The first-order valence-corrected chi connectivity index (χ1v) is 14.0. The number of hydrogen-bond donors (Lipinski definition) is 0. The molecule has 0 aromatic heterocycles. The van der Waals surface area contributed by atoms with E-state index in [1.54, 1.807) is 0 Å². The van der Waals surface area contributed by atoms with Crippen molar-refractivity contribution in [2.24, 2.45) is 0 Å². The van der Waals surface area contributed by atoms with Crippen LogP contribution < -0.4 is 0 Å². The minimum absolute atomic E-state index is 1.27. The zero-order chi connectivity index (χ0) is 26.2. The fourth-order valence-electron chi connectivity index (χ4n) is 7.06. The van der Waals surface area contributed by atoms with Crippen LogP contribution in [-0.2, 0) is 0 Å².